The molecule has 4 nitrogen and oxygen atoms in total. The van der Waals surface area contributed by atoms with Crippen molar-refractivity contribution in [2.75, 3.05) is 11.9 Å². The molecule has 0 aliphatic rings. The third-order valence-corrected chi connectivity index (χ3v) is 3.33. The van der Waals surface area contributed by atoms with E-state index >= 15 is 0 Å². The molecule has 1 amide bonds. The Bertz CT molecular complexity index is 816. The Kier molecular flexibility index (Phi) is 5.93. The molecule has 2 aromatic rings. The van der Waals surface area contributed by atoms with Gasteiger partial charge < -0.3 is 10.1 Å². The Morgan fingerprint density at radius 2 is 1.96 bits per heavy atom. The molecule has 0 bridgehead atoms. The molecule has 0 unspecified atom stereocenters. The highest BCUT2D eigenvalue weighted by atomic mass is 16.5. The van der Waals surface area contributed by atoms with Crippen LogP contribution in [0, 0.1) is 18.3 Å². The van der Waals surface area contributed by atoms with Crippen LogP contribution in [-0.4, -0.2) is 12.5 Å². The van der Waals surface area contributed by atoms with Gasteiger partial charge in [-0.3, -0.25) is 4.79 Å². The van der Waals surface area contributed by atoms with E-state index in [4.69, 9.17) is 4.74 Å². The van der Waals surface area contributed by atoms with Gasteiger partial charge in [0, 0.05) is 11.3 Å². The van der Waals surface area contributed by atoms with Gasteiger partial charge in [0.2, 0.25) is 0 Å². The zero-order valence-corrected chi connectivity index (χ0v) is 13.5. The number of carbonyl (C=O) groups excluding carboxylic acids is 1. The van der Waals surface area contributed by atoms with Crippen LogP contribution in [0.1, 0.15) is 11.1 Å². The number of carbonyl (C=O) groups is 1. The van der Waals surface area contributed by atoms with Gasteiger partial charge in [0.1, 0.15) is 24.0 Å². The van der Waals surface area contributed by atoms with Gasteiger partial charge in [0.15, 0.2) is 0 Å². The normalized spacial score (nSPS) is 10.6. The predicted molar refractivity (Wildman–Crippen MR) is 95.5 cm³/mol. The Morgan fingerprint density at radius 1 is 1.25 bits per heavy atom. The predicted octanol–water partition coefficient (Wildman–Crippen LogP) is 4.11. The van der Waals surface area contributed by atoms with Crippen LogP contribution in [0.4, 0.5) is 5.69 Å². The molecule has 2 rings (SSSR count). The van der Waals surface area contributed by atoms with Gasteiger partial charge in [0.25, 0.3) is 5.91 Å². The number of nitrogens with one attached hydrogen (secondary N) is 1. The first-order chi connectivity index (χ1) is 11.7. The molecule has 1 N–H and O–H groups in total. The highest BCUT2D eigenvalue weighted by molar-refractivity contribution is 6.10. The number of nitrogens with zero attached hydrogens (tertiary/aromatic N) is 1. The SMILES string of the molecule is C=CCOc1ccccc1/C=C(\C#N)C(=O)Nc1ccccc1C. The second kappa shape index (κ2) is 8.35. The number of ether oxygens (including phenoxy) is 1. The molecule has 24 heavy (non-hydrogen) atoms. The highest BCUT2D eigenvalue weighted by Crippen LogP contribution is 2.22. The number of para-hydroxylation sites is 2. The second-order valence-electron chi connectivity index (χ2n) is 5.08. The van der Waals surface area contributed by atoms with Crippen molar-refractivity contribution in [3.8, 4) is 11.8 Å². The lowest BCUT2D eigenvalue weighted by molar-refractivity contribution is -0.112. The van der Waals surface area contributed by atoms with Gasteiger partial charge in [0.05, 0.1) is 0 Å². The van der Waals surface area contributed by atoms with E-state index in [1.54, 1.807) is 24.3 Å². The summed E-state index contributed by atoms with van der Waals surface area (Å²) in [6, 6.07) is 16.6. The van der Waals surface area contributed by atoms with Crippen LogP contribution < -0.4 is 10.1 Å². The van der Waals surface area contributed by atoms with Crippen molar-refractivity contribution in [2.45, 2.75) is 6.92 Å². The quantitative estimate of drug-likeness (QED) is 0.495. The lowest BCUT2D eigenvalue weighted by atomic mass is 10.1. The zero-order valence-electron chi connectivity index (χ0n) is 13.5. The first-order valence-electron chi connectivity index (χ1n) is 7.47. The monoisotopic (exact) mass is 318 g/mol. The maximum atomic E-state index is 12.4. The number of rotatable bonds is 6. The molecular weight excluding hydrogens is 300 g/mol. The van der Waals surface area contributed by atoms with Gasteiger partial charge >= 0.3 is 0 Å². The number of hydrogen-bond acceptors (Lipinski definition) is 3. The lowest BCUT2D eigenvalue weighted by Crippen LogP contribution is -2.14. The zero-order chi connectivity index (χ0) is 17.4. The van der Waals surface area contributed by atoms with E-state index in [-0.39, 0.29) is 5.57 Å². The molecule has 0 heterocycles. The molecule has 0 aliphatic carbocycles. The summed E-state index contributed by atoms with van der Waals surface area (Å²) in [6.45, 7) is 5.85. The summed E-state index contributed by atoms with van der Waals surface area (Å²) in [5.74, 6) is 0.138. The molecule has 2 aromatic carbocycles. The summed E-state index contributed by atoms with van der Waals surface area (Å²) in [4.78, 5) is 12.4. The second-order valence-corrected chi connectivity index (χ2v) is 5.08. The van der Waals surface area contributed by atoms with Crippen molar-refractivity contribution in [1.29, 1.82) is 5.26 Å². The summed E-state index contributed by atoms with van der Waals surface area (Å²) >= 11 is 0. The topological polar surface area (TPSA) is 62.1 Å². The van der Waals surface area contributed by atoms with E-state index in [0.29, 0.717) is 23.6 Å². The molecule has 0 atom stereocenters. The van der Waals surface area contributed by atoms with E-state index in [1.807, 2.05) is 43.3 Å². The number of anilines is 1. The van der Waals surface area contributed by atoms with Crippen molar-refractivity contribution in [3.63, 3.8) is 0 Å². The van der Waals surface area contributed by atoms with Gasteiger partial charge in [-0.25, -0.2) is 0 Å². The van der Waals surface area contributed by atoms with E-state index in [2.05, 4.69) is 11.9 Å². The lowest BCUT2D eigenvalue weighted by Gasteiger charge is -2.09. The average molecular weight is 318 g/mol. The largest absolute Gasteiger partial charge is 0.489 e. The Labute approximate surface area is 141 Å². The minimum absolute atomic E-state index is 0.00732. The molecule has 0 saturated carbocycles. The molecule has 0 aliphatic heterocycles. The number of amides is 1. The molecule has 0 radical (unpaired) electrons. The van der Waals surface area contributed by atoms with Crippen molar-refractivity contribution < 1.29 is 9.53 Å². The van der Waals surface area contributed by atoms with Gasteiger partial charge in [-0.2, -0.15) is 5.26 Å². The molecule has 0 saturated heterocycles. The van der Waals surface area contributed by atoms with Gasteiger partial charge in [-0.15, -0.1) is 0 Å². The molecule has 0 aromatic heterocycles. The summed E-state index contributed by atoms with van der Waals surface area (Å²) in [5.41, 5.74) is 2.28. The van der Waals surface area contributed by atoms with Crippen LogP contribution >= 0.6 is 0 Å². The molecule has 0 spiro atoms. The fourth-order valence-corrected chi connectivity index (χ4v) is 2.09. The summed E-state index contributed by atoms with van der Waals surface area (Å²) < 4.78 is 5.55. The minimum Gasteiger partial charge on any atom is -0.489 e. The number of aryl methyl sites for hydroxylation is 1. The Balaban J connectivity index is 2.26. The van der Waals surface area contributed by atoms with Crippen LogP contribution in [-0.2, 0) is 4.79 Å². The first-order valence-corrected chi connectivity index (χ1v) is 7.47. The fraction of sp³-hybridized carbons (Fsp3) is 0.100. The average Bonchev–Trinajstić information content (AvgIpc) is 2.60. The van der Waals surface area contributed by atoms with Crippen LogP contribution in [0.2, 0.25) is 0 Å². The Hall–Kier alpha value is -3.32. The standard InChI is InChI=1S/C20H18N2O2/c1-3-12-24-19-11-7-5-9-16(19)13-17(14-21)20(23)22-18-10-6-4-8-15(18)2/h3-11,13H,1,12H2,2H3,(H,22,23)/b17-13+. The summed E-state index contributed by atoms with van der Waals surface area (Å²) in [5, 5.41) is 12.1. The fourth-order valence-electron chi connectivity index (χ4n) is 2.09. The molecule has 120 valence electrons. The van der Waals surface area contributed by atoms with E-state index in [9.17, 15) is 10.1 Å². The number of nitriles is 1. The van der Waals surface area contributed by atoms with Crippen molar-refractivity contribution in [1.82, 2.24) is 0 Å². The number of hydrogen-bond donors (Lipinski definition) is 1. The highest BCUT2D eigenvalue weighted by Gasteiger charge is 2.12. The Morgan fingerprint density at radius 3 is 2.67 bits per heavy atom. The van der Waals surface area contributed by atoms with Crippen LogP contribution in [0.25, 0.3) is 6.08 Å². The van der Waals surface area contributed by atoms with E-state index in [0.717, 1.165) is 5.56 Å². The minimum atomic E-state index is -0.453. The van der Waals surface area contributed by atoms with Crippen LogP contribution in [0.5, 0.6) is 5.75 Å². The van der Waals surface area contributed by atoms with Crippen LogP contribution in [0.15, 0.2) is 66.8 Å². The van der Waals surface area contributed by atoms with Crippen LogP contribution in [0.3, 0.4) is 0 Å². The maximum absolute atomic E-state index is 12.4. The third kappa shape index (κ3) is 4.34. The summed E-state index contributed by atoms with van der Waals surface area (Å²) in [6.07, 6.45) is 3.16. The molecule has 0 fully saturated rings. The first kappa shape index (κ1) is 17.0. The molecular formula is C20H18N2O2. The van der Waals surface area contributed by atoms with Gasteiger partial charge in [-0.05, 0) is 30.7 Å². The smallest absolute Gasteiger partial charge is 0.266 e. The van der Waals surface area contributed by atoms with E-state index in [1.165, 1.54) is 6.08 Å². The number of benzene rings is 2. The summed E-state index contributed by atoms with van der Waals surface area (Å²) in [7, 11) is 0. The third-order valence-electron chi connectivity index (χ3n) is 3.33. The maximum Gasteiger partial charge on any atom is 0.266 e. The van der Waals surface area contributed by atoms with Crippen molar-refractivity contribution in [2.24, 2.45) is 0 Å². The van der Waals surface area contributed by atoms with E-state index < -0.39 is 5.91 Å². The van der Waals surface area contributed by atoms with Crippen molar-refractivity contribution >= 4 is 17.7 Å². The molecule has 4 heteroatoms. The van der Waals surface area contributed by atoms with Crippen molar-refractivity contribution in [3.05, 3.63) is 77.9 Å². The van der Waals surface area contributed by atoms with Gasteiger partial charge in [-0.1, -0.05) is 49.1 Å².